The van der Waals surface area contributed by atoms with Crippen LogP contribution >= 0.6 is 0 Å². The van der Waals surface area contributed by atoms with Gasteiger partial charge < -0.3 is 19.5 Å². The van der Waals surface area contributed by atoms with Gasteiger partial charge in [0.25, 0.3) is 0 Å². The van der Waals surface area contributed by atoms with E-state index in [9.17, 15) is 9.59 Å². The van der Waals surface area contributed by atoms with Gasteiger partial charge in [-0.25, -0.2) is 4.79 Å². The number of esters is 1. The molecule has 0 spiro atoms. The van der Waals surface area contributed by atoms with E-state index in [-0.39, 0.29) is 19.2 Å². The summed E-state index contributed by atoms with van der Waals surface area (Å²) in [6.07, 6.45) is 6.89. The zero-order valence-electron chi connectivity index (χ0n) is 16.4. The molecule has 0 aliphatic heterocycles. The lowest BCUT2D eigenvalue weighted by Gasteiger charge is -2.08. The molecular weight excluding hydrogens is 346 g/mol. The molecule has 1 aromatic carbocycles. The van der Waals surface area contributed by atoms with E-state index in [1.807, 2.05) is 30.3 Å². The summed E-state index contributed by atoms with van der Waals surface area (Å²) < 4.78 is 15.5. The van der Waals surface area contributed by atoms with Crippen LogP contribution in [-0.4, -0.2) is 38.4 Å². The normalized spacial score (nSPS) is 10.4. The second-order valence-electron chi connectivity index (χ2n) is 6.34. The molecule has 0 unspecified atom stereocenters. The van der Waals surface area contributed by atoms with Crippen molar-refractivity contribution in [3.63, 3.8) is 0 Å². The molecule has 152 valence electrons. The Labute approximate surface area is 162 Å². The highest BCUT2D eigenvalue weighted by Crippen LogP contribution is 2.07. The predicted molar refractivity (Wildman–Crippen MR) is 104 cm³/mol. The standard InChI is InChI=1S/C21H33NO5/c1-2-3-4-5-6-10-13-20(23)26-17-16-25-15-14-22-21(24)27-18-19-11-8-7-9-12-19/h7-9,11-12H,2-6,10,13-18H2,1H3,(H,22,24). The molecule has 1 aromatic rings. The monoisotopic (exact) mass is 379 g/mol. The van der Waals surface area contributed by atoms with E-state index in [0.29, 0.717) is 26.2 Å². The zero-order chi connectivity index (χ0) is 19.6. The third-order valence-corrected chi connectivity index (χ3v) is 3.95. The highest BCUT2D eigenvalue weighted by atomic mass is 16.6. The first-order valence-corrected chi connectivity index (χ1v) is 9.90. The van der Waals surface area contributed by atoms with Gasteiger partial charge in [-0.15, -0.1) is 0 Å². The number of carbonyl (C=O) groups excluding carboxylic acids is 2. The van der Waals surface area contributed by atoms with Crippen LogP contribution in [0.4, 0.5) is 4.79 Å². The number of benzene rings is 1. The second kappa shape index (κ2) is 16.1. The summed E-state index contributed by atoms with van der Waals surface area (Å²) in [5, 5.41) is 2.61. The van der Waals surface area contributed by atoms with Gasteiger partial charge in [-0.05, 0) is 12.0 Å². The summed E-state index contributed by atoms with van der Waals surface area (Å²) in [4.78, 5) is 23.1. The fraction of sp³-hybridized carbons (Fsp3) is 0.619. The van der Waals surface area contributed by atoms with Gasteiger partial charge in [-0.2, -0.15) is 0 Å². The molecule has 1 rings (SSSR count). The largest absolute Gasteiger partial charge is 0.463 e. The first-order valence-electron chi connectivity index (χ1n) is 9.90. The van der Waals surface area contributed by atoms with Gasteiger partial charge in [0, 0.05) is 13.0 Å². The van der Waals surface area contributed by atoms with Crippen molar-refractivity contribution < 1.29 is 23.8 Å². The van der Waals surface area contributed by atoms with Crippen molar-refractivity contribution in [1.82, 2.24) is 5.32 Å². The van der Waals surface area contributed by atoms with Crippen molar-refractivity contribution in [2.24, 2.45) is 0 Å². The number of hydrogen-bond donors (Lipinski definition) is 1. The van der Waals surface area contributed by atoms with Crippen molar-refractivity contribution in [1.29, 1.82) is 0 Å². The highest BCUT2D eigenvalue weighted by molar-refractivity contribution is 5.69. The summed E-state index contributed by atoms with van der Waals surface area (Å²) in [6, 6.07) is 9.48. The van der Waals surface area contributed by atoms with Crippen molar-refractivity contribution >= 4 is 12.1 Å². The molecular formula is C21H33NO5. The van der Waals surface area contributed by atoms with Crippen LogP contribution in [0.25, 0.3) is 0 Å². The van der Waals surface area contributed by atoms with Crippen LogP contribution in [0.15, 0.2) is 30.3 Å². The Hall–Kier alpha value is -2.08. The minimum atomic E-state index is -0.479. The van der Waals surface area contributed by atoms with E-state index in [4.69, 9.17) is 14.2 Å². The summed E-state index contributed by atoms with van der Waals surface area (Å²) in [5.41, 5.74) is 0.937. The molecule has 0 heterocycles. The molecule has 0 atom stereocenters. The highest BCUT2D eigenvalue weighted by Gasteiger charge is 2.03. The van der Waals surface area contributed by atoms with Crippen molar-refractivity contribution in [3.8, 4) is 0 Å². The van der Waals surface area contributed by atoms with Crippen molar-refractivity contribution in [2.45, 2.75) is 58.5 Å². The molecule has 0 bridgehead atoms. The summed E-state index contributed by atoms with van der Waals surface area (Å²) in [5.74, 6) is -0.170. The molecule has 0 radical (unpaired) electrons. The van der Waals surface area contributed by atoms with E-state index in [1.54, 1.807) is 0 Å². The number of rotatable bonds is 15. The Bertz CT molecular complexity index is 507. The minimum Gasteiger partial charge on any atom is -0.463 e. The Balaban J connectivity index is 1.86. The van der Waals surface area contributed by atoms with E-state index in [0.717, 1.165) is 18.4 Å². The molecule has 6 nitrogen and oxygen atoms in total. The third-order valence-electron chi connectivity index (χ3n) is 3.95. The lowest BCUT2D eigenvalue weighted by atomic mass is 10.1. The van der Waals surface area contributed by atoms with Gasteiger partial charge in [0.05, 0.1) is 13.2 Å². The van der Waals surface area contributed by atoms with Crippen molar-refractivity contribution in [2.75, 3.05) is 26.4 Å². The van der Waals surface area contributed by atoms with Gasteiger partial charge in [0.15, 0.2) is 0 Å². The van der Waals surface area contributed by atoms with E-state index in [1.165, 1.54) is 25.7 Å². The molecule has 0 aromatic heterocycles. The molecule has 1 amide bonds. The zero-order valence-corrected chi connectivity index (χ0v) is 16.4. The first kappa shape index (κ1) is 23.0. The van der Waals surface area contributed by atoms with Gasteiger partial charge in [0.1, 0.15) is 13.2 Å². The lowest BCUT2D eigenvalue weighted by Crippen LogP contribution is -2.28. The molecule has 0 saturated carbocycles. The van der Waals surface area contributed by atoms with E-state index < -0.39 is 6.09 Å². The van der Waals surface area contributed by atoms with E-state index in [2.05, 4.69) is 12.2 Å². The SMILES string of the molecule is CCCCCCCCC(=O)OCCOCCNC(=O)OCc1ccccc1. The minimum absolute atomic E-state index is 0.170. The fourth-order valence-electron chi connectivity index (χ4n) is 2.44. The topological polar surface area (TPSA) is 73.9 Å². The van der Waals surface area contributed by atoms with Crippen LogP contribution in [0.5, 0.6) is 0 Å². The third kappa shape index (κ3) is 13.7. The Morgan fingerprint density at radius 1 is 0.889 bits per heavy atom. The lowest BCUT2D eigenvalue weighted by molar-refractivity contribution is -0.145. The molecule has 1 N–H and O–H groups in total. The summed E-state index contributed by atoms with van der Waals surface area (Å²) >= 11 is 0. The quantitative estimate of drug-likeness (QED) is 0.365. The van der Waals surface area contributed by atoms with Gasteiger partial charge in [-0.1, -0.05) is 69.4 Å². The Kier molecular flexibility index (Phi) is 13.7. The number of carbonyl (C=O) groups is 2. The second-order valence-corrected chi connectivity index (χ2v) is 6.34. The van der Waals surface area contributed by atoms with Crippen LogP contribution in [0.3, 0.4) is 0 Å². The average Bonchev–Trinajstić information content (AvgIpc) is 2.69. The molecule has 0 saturated heterocycles. The number of alkyl carbamates (subject to hydrolysis) is 1. The Morgan fingerprint density at radius 2 is 1.63 bits per heavy atom. The summed E-state index contributed by atoms with van der Waals surface area (Å²) in [7, 11) is 0. The average molecular weight is 379 g/mol. The van der Waals surface area contributed by atoms with Gasteiger partial charge >= 0.3 is 12.1 Å². The first-order chi connectivity index (χ1) is 13.2. The number of ether oxygens (including phenoxy) is 3. The Morgan fingerprint density at radius 3 is 2.41 bits per heavy atom. The maximum atomic E-state index is 11.5. The smallest absolute Gasteiger partial charge is 0.407 e. The number of nitrogens with one attached hydrogen (secondary N) is 1. The number of amides is 1. The van der Waals surface area contributed by atoms with Gasteiger partial charge in [-0.3, -0.25) is 4.79 Å². The fourth-order valence-corrected chi connectivity index (χ4v) is 2.44. The number of hydrogen-bond acceptors (Lipinski definition) is 5. The maximum absolute atomic E-state index is 11.5. The number of unbranched alkanes of at least 4 members (excludes halogenated alkanes) is 5. The molecule has 6 heteroatoms. The predicted octanol–water partition coefficient (Wildman–Crippen LogP) is 4.22. The van der Waals surface area contributed by atoms with Crippen LogP contribution < -0.4 is 5.32 Å². The molecule has 27 heavy (non-hydrogen) atoms. The van der Waals surface area contributed by atoms with Crippen LogP contribution in [0, 0.1) is 0 Å². The van der Waals surface area contributed by atoms with Crippen LogP contribution in [0.2, 0.25) is 0 Å². The van der Waals surface area contributed by atoms with Gasteiger partial charge in [0.2, 0.25) is 0 Å². The maximum Gasteiger partial charge on any atom is 0.407 e. The molecule has 0 aliphatic carbocycles. The van der Waals surface area contributed by atoms with Crippen molar-refractivity contribution in [3.05, 3.63) is 35.9 Å². The van der Waals surface area contributed by atoms with E-state index >= 15 is 0 Å². The molecule has 0 aliphatic rings. The van der Waals surface area contributed by atoms with Crippen LogP contribution in [-0.2, 0) is 25.6 Å². The summed E-state index contributed by atoms with van der Waals surface area (Å²) in [6.45, 7) is 3.68. The molecule has 0 fully saturated rings. The van der Waals surface area contributed by atoms with Crippen LogP contribution in [0.1, 0.15) is 57.4 Å².